The minimum atomic E-state index is -0.317. The van der Waals surface area contributed by atoms with Crippen LogP contribution in [0.5, 0.6) is 0 Å². The van der Waals surface area contributed by atoms with Crippen molar-refractivity contribution in [2.75, 3.05) is 12.3 Å². The summed E-state index contributed by atoms with van der Waals surface area (Å²) in [6, 6.07) is 7.05. The van der Waals surface area contributed by atoms with Crippen molar-refractivity contribution in [3.63, 3.8) is 0 Å². The number of nitrogen functional groups attached to an aromatic ring is 1. The van der Waals surface area contributed by atoms with Crippen LogP contribution >= 0.6 is 0 Å². The van der Waals surface area contributed by atoms with Crippen LogP contribution in [0, 0.1) is 0 Å². The fourth-order valence-electron chi connectivity index (χ4n) is 3.35. The van der Waals surface area contributed by atoms with E-state index in [2.05, 4.69) is 0 Å². The summed E-state index contributed by atoms with van der Waals surface area (Å²) in [5.74, 6) is -0.317. The van der Waals surface area contributed by atoms with Gasteiger partial charge in [0.15, 0.2) is 0 Å². The van der Waals surface area contributed by atoms with Crippen molar-refractivity contribution in [3.8, 4) is 0 Å². The lowest BCUT2D eigenvalue weighted by molar-refractivity contribution is -0.117. The van der Waals surface area contributed by atoms with Gasteiger partial charge in [0.2, 0.25) is 0 Å². The van der Waals surface area contributed by atoms with E-state index in [-0.39, 0.29) is 17.7 Å². The molecule has 1 atom stereocenters. The molecule has 1 saturated heterocycles. The van der Waals surface area contributed by atoms with Crippen molar-refractivity contribution >= 4 is 11.7 Å². The molecule has 2 fully saturated rings. The number of carbonyl (C=O) groups excluding carboxylic acids is 1. The van der Waals surface area contributed by atoms with Crippen molar-refractivity contribution in [1.82, 2.24) is 0 Å². The lowest BCUT2D eigenvalue weighted by Crippen LogP contribution is -2.41. The number of rotatable bonds is 2. The van der Waals surface area contributed by atoms with E-state index in [1.165, 1.54) is 12.8 Å². The van der Waals surface area contributed by atoms with Gasteiger partial charge in [-0.15, -0.1) is 0 Å². The van der Waals surface area contributed by atoms with E-state index < -0.39 is 0 Å². The largest absolute Gasteiger partial charge is 0.459 e. The maximum Gasteiger partial charge on any atom is 0.340 e. The molecular weight excluding hydrogens is 254 g/mol. The van der Waals surface area contributed by atoms with Crippen LogP contribution in [0.4, 0.5) is 5.69 Å². The highest BCUT2D eigenvalue weighted by atomic mass is 16.6. The van der Waals surface area contributed by atoms with Gasteiger partial charge in [0.25, 0.3) is 0 Å². The first-order valence-electron chi connectivity index (χ1n) is 7.38. The maximum atomic E-state index is 12.2. The van der Waals surface area contributed by atoms with Gasteiger partial charge >= 0.3 is 5.97 Å². The summed E-state index contributed by atoms with van der Waals surface area (Å²) < 4.78 is 11.6. The highest BCUT2D eigenvalue weighted by Gasteiger charge is 2.41. The summed E-state index contributed by atoms with van der Waals surface area (Å²) in [6.07, 6.45) is 6.17. The number of benzene rings is 1. The zero-order chi connectivity index (χ0) is 14.0. The van der Waals surface area contributed by atoms with Crippen molar-refractivity contribution in [1.29, 1.82) is 0 Å². The fraction of sp³-hybridized carbons (Fsp3) is 0.562. The quantitative estimate of drug-likeness (QED) is 0.666. The van der Waals surface area contributed by atoms with Crippen molar-refractivity contribution in [2.24, 2.45) is 0 Å². The zero-order valence-electron chi connectivity index (χ0n) is 11.6. The molecule has 1 spiro atoms. The SMILES string of the molecule is Nc1ccccc1C(=O)OC1CCOC2(CCCC2)C1. The molecule has 20 heavy (non-hydrogen) atoms. The van der Waals surface area contributed by atoms with Gasteiger partial charge in [-0.3, -0.25) is 0 Å². The van der Waals surface area contributed by atoms with Crippen LogP contribution in [0.1, 0.15) is 48.9 Å². The maximum absolute atomic E-state index is 12.2. The van der Waals surface area contributed by atoms with E-state index in [9.17, 15) is 4.79 Å². The number of hydrogen-bond donors (Lipinski definition) is 1. The number of nitrogens with two attached hydrogens (primary N) is 1. The molecule has 1 aromatic carbocycles. The summed E-state index contributed by atoms with van der Waals surface area (Å²) in [4.78, 5) is 12.2. The third-order valence-electron chi connectivity index (χ3n) is 4.42. The Balaban J connectivity index is 1.65. The van der Waals surface area contributed by atoms with Crippen LogP contribution < -0.4 is 5.73 Å². The van der Waals surface area contributed by atoms with Gasteiger partial charge in [0, 0.05) is 18.5 Å². The average molecular weight is 275 g/mol. The number of hydrogen-bond acceptors (Lipinski definition) is 4. The first kappa shape index (κ1) is 13.4. The molecule has 1 aromatic rings. The molecule has 1 saturated carbocycles. The van der Waals surface area contributed by atoms with E-state index in [1.807, 2.05) is 6.07 Å². The number of carbonyl (C=O) groups is 1. The second kappa shape index (κ2) is 5.44. The fourth-order valence-corrected chi connectivity index (χ4v) is 3.35. The van der Waals surface area contributed by atoms with E-state index >= 15 is 0 Å². The predicted molar refractivity (Wildman–Crippen MR) is 76.4 cm³/mol. The van der Waals surface area contributed by atoms with Gasteiger partial charge in [-0.2, -0.15) is 0 Å². The molecule has 0 amide bonds. The summed E-state index contributed by atoms with van der Waals surface area (Å²) >= 11 is 0. The van der Waals surface area contributed by atoms with E-state index in [1.54, 1.807) is 18.2 Å². The molecule has 0 aromatic heterocycles. The van der Waals surface area contributed by atoms with Gasteiger partial charge in [-0.05, 0) is 25.0 Å². The van der Waals surface area contributed by atoms with Crippen LogP contribution in [-0.4, -0.2) is 24.3 Å². The molecule has 2 aliphatic rings. The van der Waals surface area contributed by atoms with Crippen LogP contribution in [0.2, 0.25) is 0 Å². The molecule has 1 aliphatic carbocycles. The van der Waals surface area contributed by atoms with Crippen LogP contribution in [0.15, 0.2) is 24.3 Å². The van der Waals surface area contributed by atoms with Gasteiger partial charge in [-0.1, -0.05) is 25.0 Å². The number of esters is 1. The van der Waals surface area contributed by atoms with Crippen molar-refractivity contribution in [2.45, 2.75) is 50.2 Å². The second-order valence-corrected chi connectivity index (χ2v) is 5.85. The number of para-hydroxylation sites is 1. The molecular formula is C16H21NO3. The highest BCUT2D eigenvalue weighted by Crippen LogP contribution is 2.40. The molecule has 3 rings (SSSR count). The van der Waals surface area contributed by atoms with Crippen LogP contribution in [-0.2, 0) is 9.47 Å². The van der Waals surface area contributed by atoms with Gasteiger partial charge < -0.3 is 15.2 Å². The molecule has 1 unspecified atom stereocenters. The minimum Gasteiger partial charge on any atom is -0.459 e. The Bertz CT molecular complexity index is 494. The minimum absolute atomic E-state index is 0.0363. The molecule has 1 aliphatic heterocycles. The van der Waals surface area contributed by atoms with E-state index in [0.717, 1.165) is 25.7 Å². The topological polar surface area (TPSA) is 61.6 Å². The number of anilines is 1. The Morgan fingerprint density at radius 1 is 1.30 bits per heavy atom. The third kappa shape index (κ3) is 2.66. The molecule has 1 heterocycles. The summed E-state index contributed by atoms with van der Waals surface area (Å²) in [5.41, 5.74) is 6.71. The molecule has 0 radical (unpaired) electrons. The normalized spacial score (nSPS) is 24.7. The van der Waals surface area contributed by atoms with Gasteiger partial charge in [0.05, 0.1) is 17.8 Å². The monoisotopic (exact) mass is 275 g/mol. The van der Waals surface area contributed by atoms with E-state index in [4.69, 9.17) is 15.2 Å². The first-order valence-corrected chi connectivity index (χ1v) is 7.38. The van der Waals surface area contributed by atoms with E-state index in [0.29, 0.717) is 17.9 Å². The first-order chi connectivity index (χ1) is 9.69. The van der Waals surface area contributed by atoms with Crippen LogP contribution in [0.25, 0.3) is 0 Å². The molecule has 2 N–H and O–H groups in total. The molecule has 0 bridgehead atoms. The molecule has 108 valence electrons. The van der Waals surface area contributed by atoms with Gasteiger partial charge in [0.1, 0.15) is 6.10 Å². The Kier molecular flexibility index (Phi) is 3.66. The Morgan fingerprint density at radius 3 is 2.80 bits per heavy atom. The average Bonchev–Trinajstić information content (AvgIpc) is 2.87. The number of ether oxygens (including phenoxy) is 2. The smallest absolute Gasteiger partial charge is 0.340 e. The standard InChI is InChI=1S/C16H21NO3/c17-14-6-2-1-5-13(14)15(18)20-12-7-10-19-16(11-12)8-3-4-9-16/h1-2,5-6,12H,3-4,7-11,17H2. The third-order valence-corrected chi connectivity index (χ3v) is 4.42. The van der Waals surface area contributed by atoms with Crippen molar-refractivity contribution in [3.05, 3.63) is 29.8 Å². The summed E-state index contributed by atoms with van der Waals surface area (Å²) in [6.45, 7) is 0.683. The lowest BCUT2D eigenvalue weighted by atomic mass is 9.90. The molecule has 4 heteroatoms. The Morgan fingerprint density at radius 2 is 2.05 bits per heavy atom. The van der Waals surface area contributed by atoms with Crippen LogP contribution in [0.3, 0.4) is 0 Å². The zero-order valence-corrected chi connectivity index (χ0v) is 11.6. The van der Waals surface area contributed by atoms with Gasteiger partial charge in [-0.25, -0.2) is 4.79 Å². The predicted octanol–water partition coefficient (Wildman–Crippen LogP) is 2.92. The molecule has 4 nitrogen and oxygen atoms in total. The second-order valence-electron chi connectivity index (χ2n) is 5.85. The highest BCUT2D eigenvalue weighted by molar-refractivity contribution is 5.95. The van der Waals surface area contributed by atoms with Crippen molar-refractivity contribution < 1.29 is 14.3 Å². The Labute approximate surface area is 119 Å². The lowest BCUT2D eigenvalue weighted by Gasteiger charge is -2.37. The Hall–Kier alpha value is -1.55. The summed E-state index contributed by atoms with van der Waals surface area (Å²) in [5, 5.41) is 0. The summed E-state index contributed by atoms with van der Waals surface area (Å²) in [7, 11) is 0.